The van der Waals surface area contributed by atoms with E-state index in [9.17, 15) is 14.8 Å². The summed E-state index contributed by atoms with van der Waals surface area (Å²) in [6.45, 7) is 4.69. The molecule has 3 aromatic carbocycles. The molecule has 2 aromatic heterocycles. The minimum absolute atomic E-state index is 0.00485. The zero-order valence-electron chi connectivity index (χ0n) is 18.8. The van der Waals surface area contributed by atoms with Crippen LogP contribution in [-0.4, -0.2) is 27.1 Å². The summed E-state index contributed by atoms with van der Waals surface area (Å²) in [5.41, 5.74) is 4.46. The average molecular weight is 467 g/mol. The van der Waals surface area contributed by atoms with Crippen molar-refractivity contribution in [1.82, 2.24) is 4.57 Å². The predicted molar refractivity (Wildman–Crippen MR) is 137 cm³/mol. The van der Waals surface area contributed by atoms with Crippen molar-refractivity contribution in [3.63, 3.8) is 0 Å². The highest BCUT2D eigenvalue weighted by Gasteiger charge is 2.21. The summed E-state index contributed by atoms with van der Waals surface area (Å²) in [7, 11) is 0. The normalized spacial score (nSPS) is 11.9. The monoisotopic (exact) mass is 466 g/mol. The van der Waals surface area contributed by atoms with Gasteiger partial charge in [-0.2, -0.15) is 0 Å². The lowest BCUT2D eigenvalue weighted by molar-refractivity contribution is 0.104. The number of carbonyl (C=O) groups is 2. The lowest BCUT2D eigenvalue weighted by atomic mass is 9.96. The Bertz CT molecular complexity index is 1590. The Morgan fingerprint density at radius 3 is 2.21 bits per heavy atom. The van der Waals surface area contributed by atoms with E-state index in [0.29, 0.717) is 21.6 Å². The smallest absolute Gasteiger partial charge is 0.215 e. The van der Waals surface area contributed by atoms with Gasteiger partial charge < -0.3 is 9.77 Å². The quantitative estimate of drug-likeness (QED) is 0.135. The van der Waals surface area contributed by atoms with Gasteiger partial charge in [-0.15, -0.1) is 11.3 Å². The summed E-state index contributed by atoms with van der Waals surface area (Å²) in [6.07, 6.45) is 0. The van der Waals surface area contributed by atoms with Gasteiger partial charge in [0.25, 0.3) is 0 Å². The summed E-state index contributed by atoms with van der Waals surface area (Å²) in [5, 5.41) is 16.7. The van der Waals surface area contributed by atoms with Crippen LogP contribution in [0.15, 0.2) is 83.3 Å². The maximum atomic E-state index is 13.4. The lowest BCUT2D eigenvalue weighted by Gasteiger charge is -2.08. The molecule has 0 aliphatic rings. The van der Waals surface area contributed by atoms with Crippen LogP contribution in [0.25, 0.3) is 21.8 Å². The highest BCUT2D eigenvalue weighted by molar-refractivity contribution is 7.12. The summed E-state index contributed by atoms with van der Waals surface area (Å²) in [4.78, 5) is 27.0. The molecule has 168 valence electrons. The number of nitrogens with zero attached hydrogens (tertiary/aromatic N) is 2. The molecule has 0 unspecified atom stereocenters. The number of Topliss-reactive ketones (excluding diaryl/α,β-unsaturated/α-hetero) is 1. The van der Waals surface area contributed by atoms with Gasteiger partial charge in [-0.25, -0.2) is 0 Å². The molecule has 5 rings (SSSR count). The first-order chi connectivity index (χ1) is 16.5. The number of hydrogen-bond donors (Lipinski definition) is 1. The van der Waals surface area contributed by atoms with E-state index in [4.69, 9.17) is 0 Å². The third-order valence-corrected chi connectivity index (χ3v) is 7.03. The zero-order valence-corrected chi connectivity index (χ0v) is 19.6. The first-order valence-corrected chi connectivity index (χ1v) is 11.9. The highest BCUT2D eigenvalue weighted by Crippen LogP contribution is 2.32. The molecule has 0 amide bonds. The first-order valence-electron chi connectivity index (χ1n) is 11.0. The molecule has 5 nitrogen and oxygen atoms in total. The van der Waals surface area contributed by atoms with Crippen molar-refractivity contribution in [2.75, 3.05) is 0 Å². The molecule has 0 aliphatic carbocycles. The molecular weight excluding hydrogens is 444 g/mol. The summed E-state index contributed by atoms with van der Waals surface area (Å²) in [5.74, 6) is -0.377. The molecule has 0 saturated carbocycles. The third-order valence-electron chi connectivity index (χ3n) is 6.17. The van der Waals surface area contributed by atoms with E-state index in [2.05, 4.69) is 16.6 Å². The fourth-order valence-electron chi connectivity index (χ4n) is 4.47. The Labute approximate surface area is 200 Å². The van der Waals surface area contributed by atoms with Crippen LogP contribution in [0.2, 0.25) is 0 Å². The molecule has 0 radical (unpaired) electrons. The second-order valence-corrected chi connectivity index (χ2v) is 9.05. The van der Waals surface area contributed by atoms with Gasteiger partial charge >= 0.3 is 0 Å². The first kappa shape index (κ1) is 21.8. The second-order valence-electron chi connectivity index (χ2n) is 8.11. The van der Waals surface area contributed by atoms with Crippen LogP contribution in [0.1, 0.15) is 43.6 Å². The topological polar surface area (TPSA) is 71.7 Å². The minimum atomic E-state index is -0.359. The van der Waals surface area contributed by atoms with Gasteiger partial charge in [0.2, 0.25) is 11.6 Å². The van der Waals surface area contributed by atoms with Crippen LogP contribution in [-0.2, 0) is 6.54 Å². The Morgan fingerprint density at radius 2 is 1.59 bits per heavy atom. The van der Waals surface area contributed by atoms with E-state index in [1.54, 1.807) is 12.1 Å². The van der Waals surface area contributed by atoms with Gasteiger partial charge in [0.15, 0.2) is 5.71 Å². The van der Waals surface area contributed by atoms with Crippen LogP contribution in [0.4, 0.5) is 0 Å². The maximum absolute atomic E-state index is 13.4. The van der Waals surface area contributed by atoms with Crippen molar-refractivity contribution in [2.45, 2.75) is 20.4 Å². The maximum Gasteiger partial charge on any atom is 0.215 e. The predicted octanol–water partition coefficient (Wildman–Crippen LogP) is 6.48. The third kappa shape index (κ3) is 3.53. The number of aryl methyl sites for hydroxylation is 2. The second kappa shape index (κ2) is 8.72. The molecule has 0 bridgehead atoms. The number of benzene rings is 3. The molecule has 0 fully saturated rings. The van der Waals surface area contributed by atoms with Gasteiger partial charge in [-0.3, -0.25) is 9.59 Å². The van der Waals surface area contributed by atoms with Crippen molar-refractivity contribution < 1.29 is 14.8 Å². The number of hydrogen-bond acceptors (Lipinski definition) is 5. The molecule has 6 heteroatoms. The van der Waals surface area contributed by atoms with Gasteiger partial charge in [-0.05, 0) is 67.3 Å². The van der Waals surface area contributed by atoms with Crippen molar-refractivity contribution in [1.29, 1.82) is 0 Å². The highest BCUT2D eigenvalue weighted by atomic mass is 32.1. The molecule has 5 aromatic rings. The SMILES string of the molecule is CCn1c2ccc(C(=O)/C(=N/O)c3ccccc3C)cc2c2cc(C(=O)c3cccs3)ccc21. The van der Waals surface area contributed by atoms with E-state index in [1.165, 1.54) is 11.3 Å². The molecule has 34 heavy (non-hydrogen) atoms. The number of ketones is 2. The molecule has 0 atom stereocenters. The Morgan fingerprint density at radius 1 is 0.912 bits per heavy atom. The molecule has 0 saturated heterocycles. The molecule has 0 spiro atoms. The van der Waals surface area contributed by atoms with Crippen molar-refractivity contribution in [3.05, 3.63) is 105 Å². The minimum Gasteiger partial charge on any atom is -0.410 e. The van der Waals surface area contributed by atoms with Crippen LogP contribution < -0.4 is 0 Å². The van der Waals surface area contributed by atoms with Gasteiger partial charge in [0.05, 0.1) is 4.88 Å². The standard InChI is InChI=1S/C28H22N2O3S/c1-3-30-23-12-10-18(27(31)25-9-6-14-34-25)15-21(23)22-16-19(11-13-24(22)30)28(32)26(29-33)20-8-5-4-7-17(20)2/h4-16,33H,3H2,1-2H3/b29-26+. The van der Waals surface area contributed by atoms with Gasteiger partial charge in [0.1, 0.15) is 0 Å². The number of rotatable bonds is 6. The van der Waals surface area contributed by atoms with E-state index in [0.717, 1.165) is 33.9 Å². The fraction of sp³-hybridized carbons (Fsp3) is 0.107. The molecular formula is C28H22N2O3S. The van der Waals surface area contributed by atoms with Crippen molar-refractivity contribution in [2.24, 2.45) is 5.16 Å². The number of carbonyl (C=O) groups excluding carboxylic acids is 2. The van der Waals surface area contributed by atoms with Gasteiger partial charge in [-0.1, -0.05) is 35.5 Å². The number of thiophene rings is 1. The molecule has 2 heterocycles. The van der Waals surface area contributed by atoms with Crippen LogP contribution in [0.3, 0.4) is 0 Å². The largest absolute Gasteiger partial charge is 0.410 e. The molecule has 0 aliphatic heterocycles. The summed E-state index contributed by atoms with van der Waals surface area (Å²) >= 11 is 1.42. The van der Waals surface area contributed by atoms with Crippen LogP contribution in [0, 0.1) is 6.92 Å². The van der Waals surface area contributed by atoms with Crippen LogP contribution in [0.5, 0.6) is 0 Å². The zero-order chi connectivity index (χ0) is 23.8. The Hall–Kier alpha value is -4.03. The lowest BCUT2D eigenvalue weighted by Crippen LogP contribution is -2.17. The Kier molecular flexibility index (Phi) is 5.59. The number of aromatic nitrogens is 1. The van der Waals surface area contributed by atoms with E-state index < -0.39 is 0 Å². The van der Waals surface area contributed by atoms with Crippen molar-refractivity contribution in [3.8, 4) is 0 Å². The van der Waals surface area contributed by atoms with Crippen molar-refractivity contribution >= 4 is 50.4 Å². The van der Waals surface area contributed by atoms with Crippen LogP contribution >= 0.6 is 11.3 Å². The van der Waals surface area contributed by atoms with E-state index in [1.807, 2.05) is 73.0 Å². The fourth-order valence-corrected chi connectivity index (χ4v) is 5.16. The Balaban J connectivity index is 1.66. The number of fused-ring (bicyclic) bond motifs is 3. The number of oxime groups is 1. The summed E-state index contributed by atoms with van der Waals surface area (Å²) < 4.78 is 2.17. The van der Waals surface area contributed by atoms with Gasteiger partial charge in [0, 0.05) is 45.0 Å². The average Bonchev–Trinajstić information content (AvgIpc) is 3.51. The molecule has 1 N–H and O–H groups in total. The summed E-state index contributed by atoms with van der Waals surface area (Å²) in [6, 6.07) is 22.3. The van der Waals surface area contributed by atoms with E-state index >= 15 is 0 Å². The van der Waals surface area contributed by atoms with E-state index in [-0.39, 0.29) is 17.3 Å².